The Kier molecular flexibility index (Phi) is 8.95. The van der Waals surface area contributed by atoms with E-state index in [2.05, 4.69) is 34.9 Å². The van der Waals surface area contributed by atoms with Crippen molar-refractivity contribution in [2.24, 2.45) is 5.10 Å². The molecule has 8 nitrogen and oxygen atoms in total. The molecule has 0 saturated heterocycles. The largest absolute Gasteiger partial charge is 0.494 e. The Labute approximate surface area is 245 Å². The van der Waals surface area contributed by atoms with Gasteiger partial charge in [-0.1, -0.05) is 37.6 Å². The number of methoxy groups -OCH3 is 1. The fraction of sp³-hybridized carbons (Fsp3) is 0.267. The van der Waals surface area contributed by atoms with Gasteiger partial charge in [0.15, 0.2) is 17.3 Å². The topological polar surface area (TPSA) is 92.0 Å². The first kappa shape index (κ1) is 29.3. The molecule has 1 heterocycles. The van der Waals surface area contributed by atoms with Crippen molar-refractivity contribution in [1.82, 2.24) is 9.66 Å². The van der Waals surface area contributed by atoms with Gasteiger partial charge in [-0.15, -0.1) is 0 Å². The molecule has 0 amide bonds. The van der Waals surface area contributed by atoms with Crippen LogP contribution in [0.1, 0.15) is 50.3 Å². The molecule has 40 heavy (non-hydrogen) atoms. The van der Waals surface area contributed by atoms with Gasteiger partial charge >= 0.3 is 5.97 Å². The van der Waals surface area contributed by atoms with Gasteiger partial charge < -0.3 is 14.2 Å². The number of aryl methyl sites for hydroxylation is 1. The van der Waals surface area contributed by atoms with E-state index in [1.54, 1.807) is 24.3 Å². The van der Waals surface area contributed by atoms with Gasteiger partial charge in [0.05, 0.1) is 30.8 Å². The van der Waals surface area contributed by atoms with Gasteiger partial charge in [-0.3, -0.25) is 9.59 Å². The normalized spacial score (nSPS) is 11.4. The maximum absolute atomic E-state index is 13.8. The van der Waals surface area contributed by atoms with Crippen molar-refractivity contribution < 1.29 is 19.0 Å². The average Bonchev–Trinajstić information content (AvgIpc) is 2.91. The number of carbonyl (C=O) groups is 1. The van der Waals surface area contributed by atoms with Crippen molar-refractivity contribution in [3.05, 3.63) is 79.0 Å². The van der Waals surface area contributed by atoms with Crippen LogP contribution in [0.5, 0.6) is 17.2 Å². The predicted octanol–water partition coefficient (Wildman–Crippen LogP) is 7.13. The smallest absolute Gasteiger partial charge is 0.308 e. The molecule has 3 aromatic carbocycles. The first-order valence-electron chi connectivity index (χ1n) is 12.7. The molecule has 0 aliphatic carbocycles. The van der Waals surface area contributed by atoms with E-state index in [0.717, 1.165) is 22.4 Å². The second kappa shape index (κ2) is 12.2. The second-order valence-corrected chi connectivity index (χ2v) is 10.5. The first-order valence-corrected chi connectivity index (χ1v) is 13.8. The monoisotopic (exact) mass is 625 g/mol. The highest BCUT2D eigenvalue weighted by Gasteiger charge is 2.21. The third kappa shape index (κ3) is 5.76. The molecule has 4 aromatic rings. The summed E-state index contributed by atoms with van der Waals surface area (Å²) < 4.78 is 18.2. The fourth-order valence-corrected chi connectivity index (χ4v) is 4.92. The number of nitrogens with zero attached hydrogens (tertiary/aromatic N) is 3. The van der Waals surface area contributed by atoms with Crippen LogP contribution in [0.15, 0.2) is 56.8 Å². The number of benzene rings is 3. The quantitative estimate of drug-likeness (QED) is 0.117. The molecule has 0 saturated carbocycles. The Hall–Kier alpha value is -3.69. The van der Waals surface area contributed by atoms with Crippen molar-refractivity contribution in [3.8, 4) is 28.6 Å². The van der Waals surface area contributed by atoms with E-state index in [9.17, 15) is 9.59 Å². The fourth-order valence-electron chi connectivity index (χ4n) is 4.28. The summed E-state index contributed by atoms with van der Waals surface area (Å²) in [7, 11) is 1.43. The Morgan fingerprint density at radius 3 is 2.58 bits per heavy atom. The van der Waals surface area contributed by atoms with Gasteiger partial charge in [0.2, 0.25) is 0 Å². The predicted molar refractivity (Wildman–Crippen MR) is 161 cm³/mol. The maximum Gasteiger partial charge on any atom is 0.308 e. The van der Waals surface area contributed by atoms with Crippen molar-refractivity contribution >= 4 is 50.6 Å². The number of aromatic nitrogens is 2. The minimum Gasteiger partial charge on any atom is -0.494 e. The van der Waals surface area contributed by atoms with Crippen molar-refractivity contribution in [2.45, 2.75) is 40.5 Å². The molecule has 4 rings (SSSR count). The van der Waals surface area contributed by atoms with E-state index in [0.29, 0.717) is 33.4 Å². The van der Waals surface area contributed by atoms with E-state index in [1.165, 1.54) is 24.9 Å². The molecule has 0 aliphatic heterocycles. The number of hydrogen-bond donors (Lipinski definition) is 0. The van der Waals surface area contributed by atoms with E-state index >= 15 is 0 Å². The number of ether oxygens (including phenoxy) is 3. The number of esters is 1. The van der Waals surface area contributed by atoms with Crippen LogP contribution in [-0.2, 0) is 4.79 Å². The van der Waals surface area contributed by atoms with Crippen LogP contribution in [-0.4, -0.2) is 35.6 Å². The lowest BCUT2D eigenvalue weighted by Crippen LogP contribution is -2.21. The van der Waals surface area contributed by atoms with E-state index in [-0.39, 0.29) is 28.0 Å². The molecule has 0 radical (unpaired) electrons. The second-order valence-electron chi connectivity index (χ2n) is 9.33. The van der Waals surface area contributed by atoms with E-state index < -0.39 is 5.97 Å². The summed E-state index contributed by atoms with van der Waals surface area (Å²) in [5.74, 6) is 1.13. The molecule has 0 N–H and O–H groups in total. The molecule has 0 bridgehead atoms. The van der Waals surface area contributed by atoms with Crippen molar-refractivity contribution in [2.75, 3.05) is 13.7 Å². The summed E-state index contributed by atoms with van der Waals surface area (Å²) in [5, 5.41) is 5.13. The molecule has 10 heteroatoms. The van der Waals surface area contributed by atoms with Crippen LogP contribution < -0.4 is 19.8 Å². The number of carbonyl (C=O) groups excluding carboxylic acids is 1. The van der Waals surface area contributed by atoms with E-state index in [4.69, 9.17) is 30.8 Å². The number of para-hydroxylation sites is 1. The SMILES string of the molecule is CCOc1cc(C)c(-c2nc3ccccc3c(=O)n2N=Cc2cc(OC)c(OC(C)=O)c(Cl)c2Br)cc1C(C)C. The van der Waals surface area contributed by atoms with Crippen LogP contribution in [0.3, 0.4) is 0 Å². The third-order valence-corrected chi connectivity index (χ3v) is 7.65. The molecular formula is C30H29BrClN3O5. The van der Waals surface area contributed by atoms with Gasteiger partial charge in [0, 0.05) is 22.5 Å². The van der Waals surface area contributed by atoms with Crippen molar-refractivity contribution in [3.63, 3.8) is 0 Å². The highest BCUT2D eigenvalue weighted by molar-refractivity contribution is 9.10. The molecular weight excluding hydrogens is 598 g/mol. The van der Waals surface area contributed by atoms with Gasteiger partial charge in [-0.2, -0.15) is 9.78 Å². The zero-order chi connectivity index (χ0) is 29.1. The van der Waals surface area contributed by atoms with Crippen LogP contribution in [0.2, 0.25) is 5.02 Å². The number of rotatable bonds is 8. The molecule has 0 fully saturated rings. The van der Waals surface area contributed by atoms with E-state index in [1.807, 2.05) is 32.0 Å². The Morgan fingerprint density at radius 2 is 1.93 bits per heavy atom. The summed E-state index contributed by atoms with van der Waals surface area (Å²) in [6.45, 7) is 9.88. The van der Waals surface area contributed by atoms with Crippen LogP contribution in [0, 0.1) is 6.92 Å². The summed E-state index contributed by atoms with van der Waals surface area (Å²) in [6, 6.07) is 12.7. The highest BCUT2D eigenvalue weighted by atomic mass is 79.9. The minimum atomic E-state index is -0.543. The zero-order valence-electron chi connectivity index (χ0n) is 23.0. The molecule has 0 aliphatic rings. The highest BCUT2D eigenvalue weighted by Crippen LogP contribution is 2.42. The average molecular weight is 627 g/mol. The molecule has 1 aromatic heterocycles. The number of fused-ring (bicyclic) bond motifs is 1. The molecule has 0 atom stereocenters. The Bertz CT molecular complexity index is 1700. The van der Waals surface area contributed by atoms with Gasteiger partial charge in [0.1, 0.15) is 10.8 Å². The Balaban J connectivity index is 1.97. The molecule has 208 valence electrons. The van der Waals surface area contributed by atoms with Gasteiger partial charge in [-0.25, -0.2) is 4.98 Å². The van der Waals surface area contributed by atoms with Gasteiger partial charge in [-0.05, 0) is 77.2 Å². The minimum absolute atomic E-state index is 0.0807. The van der Waals surface area contributed by atoms with Crippen LogP contribution in [0.25, 0.3) is 22.3 Å². The summed E-state index contributed by atoms with van der Waals surface area (Å²) in [4.78, 5) is 30.2. The van der Waals surface area contributed by atoms with Gasteiger partial charge in [0.25, 0.3) is 5.56 Å². The lowest BCUT2D eigenvalue weighted by atomic mass is 9.96. The first-order chi connectivity index (χ1) is 19.1. The lowest BCUT2D eigenvalue weighted by Gasteiger charge is -2.18. The van der Waals surface area contributed by atoms with Crippen molar-refractivity contribution in [1.29, 1.82) is 0 Å². The summed E-state index contributed by atoms with van der Waals surface area (Å²) in [5.41, 5.74) is 3.37. The molecule has 0 unspecified atom stereocenters. The molecule has 0 spiro atoms. The summed E-state index contributed by atoms with van der Waals surface area (Å²) in [6.07, 6.45) is 1.48. The number of halogens is 2. The van der Waals surface area contributed by atoms with Crippen LogP contribution in [0.4, 0.5) is 0 Å². The zero-order valence-corrected chi connectivity index (χ0v) is 25.4. The summed E-state index contributed by atoms with van der Waals surface area (Å²) >= 11 is 9.95. The van der Waals surface area contributed by atoms with Crippen LogP contribution >= 0.6 is 27.5 Å². The Morgan fingerprint density at radius 1 is 1.20 bits per heavy atom. The third-order valence-electron chi connectivity index (χ3n) is 6.21. The number of hydrogen-bond acceptors (Lipinski definition) is 7. The lowest BCUT2D eigenvalue weighted by molar-refractivity contribution is -0.132. The standard InChI is InChI=1S/C30H29BrClN3O5/c1-7-39-24-12-17(4)22(14-21(24)16(2)3)29-34-23-11-9-8-10-20(23)30(37)35(29)33-15-19-13-25(38-6)28(40-18(5)36)27(32)26(19)31/h8-16H,7H2,1-6H3. The maximum atomic E-state index is 13.8.